The maximum absolute atomic E-state index is 7.41. The number of hydrogen-bond donors (Lipinski definition) is 1. The van der Waals surface area contributed by atoms with Gasteiger partial charge in [0.15, 0.2) is 5.90 Å². The summed E-state index contributed by atoms with van der Waals surface area (Å²) in [5.41, 5.74) is 2.81. The lowest BCUT2D eigenvalue weighted by molar-refractivity contribution is 0.386. The molecule has 1 rings (SSSR count). The van der Waals surface area contributed by atoms with Crippen molar-refractivity contribution in [2.75, 3.05) is 7.11 Å². The van der Waals surface area contributed by atoms with Gasteiger partial charge in [0.05, 0.1) is 7.11 Å². The molecular formula is C14H21NO. The van der Waals surface area contributed by atoms with E-state index in [1.54, 1.807) is 7.11 Å². The Morgan fingerprint density at radius 1 is 1.19 bits per heavy atom. The zero-order valence-electron chi connectivity index (χ0n) is 10.6. The van der Waals surface area contributed by atoms with Crippen molar-refractivity contribution in [3.8, 4) is 0 Å². The van der Waals surface area contributed by atoms with Crippen molar-refractivity contribution in [3.05, 3.63) is 35.4 Å². The van der Waals surface area contributed by atoms with Crippen LogP contribution in [0.15, 0.2) is 24.3 Å². The molecule has 0 bridgehead atoms. The fourth-order valence-electron chi connectivity index (χ4n) is 1.53. The van der Waals surface area contributed by atoms with Gasteiger partial charge >= 0.3 is 0 Å². The Kier molecular flexibility index (Phi) is 4.11. The molecule has 88 valence electrons. The summed E-state index contributed by atoms with van der Waals surface area (Å²) in [4.78, 5) is 0. The second kappa shape index (κ2) is 5.15. The topological polar surface area (TPSA) is 33.1 Å². The van der Waals surface area contributed by atoms with Gasteiger partial charge in [0.1, 0.15) is 0 Å². The van der Waals surface area contributed by atoms with Crippen molar-refractivity contribution >= 4 is 5.90 Å². The zero-order chi connectivity index (χ0) is 12.2. The summed E-state index contributed by atoms with van der Waals surface area (Å²) in [6.07, 6.45) is 1.54. The normalized spacial score (nSPS) is 11.2. The van der Waals surface area contributed by atoms with Crippen LogP contribution in [0.2, 0.25) is 0 Å². The molecule has 0 spiro atoms. The summed E-state index contributed by atoms with van der Waals surface area (Å²) in [7, 11) is 1.55. The van der Waals surface area contributed by atoms with E-state index in [0.29, 0.717) is 12.3 Å². The molecule has 0 amide bonds. The Hall–Kier alpha value is -1.31. The highest BCUT2D eigenvalue weighted by atomic mass is 16.5. The van der Waals surface area contributed by atoms with Crippen molar-refractivity contribution in [3.63, 3.8) is 0 Å². The average molecular weight is 219 g/mol. The van der Waals surface area contributed by atoms with E-state index in [1.807, 2.05) is 0 Å². The van der Waals surface area contributed by atoms with Gasteiger partial charge in [0.25, 0.3) is 0 Å². The van der Waals surface area contributed by atoms with Crippen molar-refractivity contribution in [2.45, 2.75) is 39.0 Å². The number of rotatable bonds is 3. The summed E-state index contributed by atoms with van der Waals surface area (Å²) >= 11 is 0. The second-order valence-electron chi connectivity index (χ2n) is 5.07. The Labute approximate surface area is 98.1 Å². The third kappa shape index (κ3) is 3.69. The zero-order valence-corrected chi connectivity index (χ0v) is 10.6. The predicted molar refractivity (Wildman–Crippen MR) is 68.2 cm³/mol. The highest BCUT2D eigenvalue weighted by Crippen LogP contribution is 2.22. The van der Waals surface area contributed by atoms with Crippen molar-refractivity contribution in [2.24, 2.45) is 0 Å². The summed E-state index contributed by atoms with van der Waals surface area (Å²) in [6, 6.07) is 8.63. The van der Waals surface area contributed by atoms with Crippen LogP contribution in [0.25, 0.3) is 0 Å². The monoisotopic (exact) mass is 219 g/mol. The first-order valence-corrected chi connectivity index (χ1v) is 5.64. The SMILES string of the molecule is COC(=N)CCc1ccc(C(C)(C)C)cc1. The molecule has 0 aliphatic rings. The van der Waals surface area contributed by atoms with E-state index in [9.17, 15) is 0 Å². The van der Waals surface area contributed by atoms with Gasteiger partial charge in [0, 0.05) is 6.42 Å². The lowest BCUT2D eigenvalue weighted by Gasteiger charge is -2.19. The summed E-state index contributed by atoms with van der Waals surface area (Å²) in [5.74, 6) is 0.347. The maximum Gasteiger partial charge on any atom is 0.180 e. The van der Waals surface area contributed by atoms with Gasteiger partial charge in [-0.2, -0.15) is 0 Å². The largest absolute Gasteiger partial charge is 0.484 e. The fourth-order valence-corrected chi connectivity index (χ4v) is 1.53. The van der Waals surface area contributed by atoms with Gasteiger partial charge < -0.3 is 4.74 Å². The molecule has 2 nitrogen and oxygen atoms in total. The fraction of sp³-hybridized carbons (Fsp3) is 0.500. The lowest BCUT2D eigenvalue weighted by Crippen LogP contribution is -2.10. The maximum atomic E-state index is 7.41. The molecule has 16 heavy (non-hydrogen) atoms. The second-order valence-corrected chi connectivity index (χ2v) is 5.07. The number of aryl methyl sites for hydroxylation is 1. The number of methoxy groups -OCH3 is 1. The lowest BCUT2D eigenvalue weighted by atomic mass is 9.86. The molecule has 0 heterocycles. The van der Waals surface area contributed by atoms with Gasteiger partial charge in [0.2, 0.25) is 0 Å². The van der Waals surface area contributed by atoms with Gasteiger partial charge in [-0.15, -0.1) is 0 Å². The van der Waals surface area contributed by atoms with E-state index in [2.05, 4.69) is 45.0 Å². The molecule has 0 saturated heterocycles. The Bertz CT molecular complexity index is 346. The minimum absolute atomic E-state index is 0.206. The Morgan fingerprint density at radius 2 is 1.75 bits per heavy atom. The first-order chi connectivity index (χ1) is 7.43. The van der Waals surface area contributed by atoms with E-state index >= 15 is 0 Å². The van der Waals surface area contributed by atoms with Crippen molar-refractivity contribution in [1.82, 2.24) is 0 Å². The highest BCUT2D eigenvalue weighted by Gasteiger charge is 2.12. The molecule has 0 fully saturated rings. The molecule has 0 aliphatic heterocycles. The van der Waals surface area contributed by atoms with Crippen LogP contribution < -0.4 is 0 Å². The first-order valence-electron chi connectivity index (χ1n) is 5.64. The Morgan fingerprint density at radius 3 is 2.19 bits per heavy atom. The standard InChI is InChI=1S/C14H21NO/c1-14(2,3)12-8-5-11(6-9-12)7-10-13(15)16-4/h5-6,8-9,15H,7,10H2,1-4H3. The molecule has 0 aliphatic carbocycles. The Balaban J connectivity index is 2.62. The van der Waals surface area contributed by atoms with Crippen LogP contribution in [0.5, 0.6) is 0 Å². The summed E-state index contributed by atoms with van der Waals surface area (Å²) in [6.45, 7) is 6.63. The van der Waals surface area contributed by atoms with E-state index in [0.717, 1.165) is 6.42 Å². The van der Waals surface area contributed by atoms with Crippen molar-refractivity contribution in [1.29, 1.82) is 5.41 Å². The molecule has 2 heteroatoms. The van der Waals surface area contributed by atoms with E-state index in [1.165, 1.54) is 11.1 Å². The molecule has 0 radical (unpaired) electrons. The molecule has 1 N–H and O–H groups in total. The van der Waals surface area contributed by atoms with Gasteiger partial charge in [-0.25, -0.2) is 0 Å². The van der Waals surface area contributed by atoms with Crippen LogP contribution in [0.3, 0.4) is 0 Å². The van der Waals surface area contributed by atoms with Crippen LogP contribution >= 0.6 is 0 Å². The van der Waals surface area contributed by atoms with Crippen LogP contribution in [-0.2, 0) is 16.6 Å². The molecule has 0 unspecified atom stereocenters. The number of hydrogen-bond acceptors (Lipinski definition) is 2. The van der Waals surface area contributed by atoms with E-state index in [4.69, 9.17) is 10.1 Å². The molecule has 0 aromatic heterocycles. The van der Waals surface area contributed by atoms with Crippen LogP contribution in [0, 0.1) is 5.41 Å². The third-order valence-corrected chi connectivity index (χ3v) is 2.71. The minimum Gasteiger partial charge on any atom is -0.484 e. The van der Waals surface area contributed by atoms with Gasteiger partial charge in [-0.05, 0) is 23.0 Å². The average Bonchev–Trinajstić information content (AvgIpc) is 2.25. The van der Waals surface area contributed by atoms with Crippen LogP contribution in [0.4, 0.5) is 0 Å². The van der Waals surface area contributed by atoms with E-state index in [-0.39, 0.29) is 5.41 Å². The predicted octanol–water partition coefficient (Wildman–Crippen LogP) is 3.54. The molecule has 0 atom stereocenters. The summed E-state index contributed by atoms with van der Waals surface area (Å²) < 4.78 is 4.83. The highest BCUT2D eigenvalue weighted by molar-refractivity contribution is 5.72. The van der Waals surface area contributed by atoms with Gasteiger partial charge in [-0.3, -0.25) is 5.41 Å². The molecule has 0 saturated carbocycles. The molecular weight excluding hydrogens is 198 g/mol. The quantitative estimate of drug-likeness (QED) is 0.612. The van der Waals surface area contributed by atoms with Crippen molar-refractivity contribution < 1.29 is 4.74 Å². The molecule has 1 aromatic carbocycles. The first kappa shape index (κ1) is 12.8. The number of benzene rings is 1. The number of ether oxygens (including phenoxy) is 1. The van der Waals surface area contributed by atoms with E-state index < -0.39 is 0 Å². The molecule has 1 aromatic rings. The number of nitrogens with one attached hydrogen (secondary N) is 1. The minimum atomic E-state index is 0.206. The van der Waals surface area contributed by atoms with Crippen LogP contribution in [-0.4, -0.2) is 13.0 Å². The van der Waals surface area contributed by atoms with Gasteiger partial charge in [-0.1, -0.05) is 45.0 Å². The smallest absolute Gasteiger partial charge is 0.180 e. The summed E-state index contributed by atoms with van der Waals surface area (Å²) in [5, 5.41) is 7.41. The third-order valence-electron chi connectivity index (χ3n) is 2.71. The van der Waals surface area contributed by atoms with Crippen LogP contribution in [0.1, 0.15) is 38.3 Å².